The summed E-state index contributed by atoms with van der Waals surface area (Å²) in [4.78, 5) is 12.0. The highest BCUT2D eigenvalue weighted by Gasteiger charge is 2.27. The third-order valence-electron chi connectivity index (χ3n) is 3.54. The molecule has 2 rings (SSSR count). The summed E-state index contributed by atoms with van der Waals surface area (Å²) in [5.74, 6) is -0.642. The van der Waals surface area contributed by atoms with Crippen molar-refractivity contribution in [3.63, 3.8) is 0 Å². The van der Waals surface area contributed by atoms with Gasteiger partial charge in [-0.2, -0.15) is 0 Å². The van der Waals surface area contributed by atoms with Crippen LogP contribution in [0.3, 0.4) is 0 Å². The first kappa shape index (κ1) is 14.6. The molecule has 0 saturated carbocycles. The van der Waals surface area contributed by atoms with Crippen molar-refractivity contribution >= 4 is 5.91 Å². The SMILES string of the molecule is CC1OCCC1NC(=O)[C@@H](N)Cc1ccc(O)c(O)c1. The molecule has 1 saturated heterocycles. The second-order valence-electron chi connectivity index (χ2n) is 5.11. The van der Waals surface area contributed by atoms with Gasteiger partial charge in [0.15, 0.2) is 11.5 Å². The number of aromatic hydroxyl groups is 2. The molecule has 1 aliphatic rings. The minimum atomic E-state index is -0.702. The van der Waals surface area contributed by atoms with E-state index in [-0.39, 0.29) is 29.6 Å². The highest BCUT2D eigenvalue weighted by Crippen LogP contribution is 2.25. The summed E-state index contributed by atoms with van der Waals surface area (Å²) in [7, 11) is 0. The number of carbonyl (C=O) groups excluding carboxylic acids is 1. The number of nitrogens with one attached hydrogen (secondary N) is 1. The summed E-state index contributed by atoms with van der Waals surface area (Å²) >= 11 is 0. The number of ether oxygens (including phenoxy) is 1. The Labute approximate surface area is 117 Å². The summed E-state index contributed by atoms with van der Waals surface area (Å²) in [6.45, 7) is 2.56. The van der Waals surface area contributed by atoms with Crippen LogP contribution < -0.4 is 11.1 Å². The molecule has 0 aliphatic carbocycles. The Morgan fingerprint density at radius 1 is 1.50 bits per heavy atom. The first-order chi connectivity index (χ1) is 9.47. The van der Waals surface area contributed by atoms with Gasteiger partial charge in [-0.1, -0.05) is 6.07 Å². The molecule has 1 fully saturated rings. The third-order valence-corrected chi connectivity index (χ3v) is 3.54. The van der Waals surface area contributed by atoms with Crippen LogP contribution in [0.2, 0.25) is 0 Å². The van der Waals surface area contributed by atoms with Crippen LogP contribution in [0.25, 0.3) is 0 Å². The average molecular weight is 280 g/mol. The first-order valence-corrected chi connectivity index (χ1v) is 6.66. The number of benzene rings is 1. The van der Waals surface area contributed by atoms with Crippen LogP contribution >= 0.6 is 0 Å². The van der Waals surface area contributed by atoms with Crippen molar-refractivity contribution in [1.82, 2.24) is 5.32 Å². The molecule has 2 unspecified atom stereocenters. The van der Waals surface area contributed by atoms with E-state index in [0.29, 0.717) is 18.6 Å². The van der Waals surface area contributed by atoms with Crippen LogP contribution in [0.1, 0.15) is 18.9 Å². The molecule has 6 heteroatoms. The maximum atomic E-state index is 12.0. The van der Waals surface area contributed by atoms with Crippen molar-refractivity contribution in [3.8, 4) is 11.5 Å². The number of phenolic OH excluding ortho intramolecular Hbond substituents is 2. The average Bonchev–Trinajstić information content (AvgIpc) is 2.79. The fraction of sp³-hybridized carbons (Fsp3) is 0.500. The van der Waals surface area contributed by atoms with Gasteiger partial charge < -0.3 is 26.0 Å². The van der Waals surface area contributed by atoms with Gasteiger partial charge in [0.05, 0.1) is 18.2 Å². The van der Waals surface area contributed by atoms with Crippen LogP contribution in [-0.2, 0) is 16.0 Å². The fourth-order valence-electron chi connectivity index (χ4n) is 2.25. The Bertz CT molecular complexity index is 492. The molecular formula is C14H20N2O4. The zero-order chi connectivity index (χ0) is 14.7. The highest BCUT2D eigenvalue weighted by atomic mass is 16.5. The van der Waals surface area contributed by atoms with Gasteiger partial charge in [0.25, 0.3) is 0 Å². The molecule has 0 radical (unpaired) electrons. The minimum absolute atomic E-state index is 0.00164. The van der Waals surface area contributed by atoms with Crippen LogP contribution in [0.15, 0.2) is 18.2 Å². The monoisotopic (exact) mass is 280 g/mol. The molecule has 0 spiro atoms. The Balaban J connectivity index is 1.91. The van der Waals surface area contributed by atoms with Gasteiger partial charge in [0, 0.05) is 6.61 Å². The number of nitrogens with two attached hydrogens (primary N) is 1. The lowest BCUT2D eigenvalue weighted by molar-refractivity contribution is -0.123. The van der Waals surface area contributed by atoms with Gasteiger partial charge in [-0.15, -0.1) is 0 Å². The smallest absolute Gasteiger partial charge is 0.237 e. The van der Waals surface area contributed by atoms with Gasteiger partial charge in [-0.25, -0.2) is 0 Å². The number of phenols is 2. The van der Waals surface area contributed by atoms with E-state index in [1.165, 1.54) is 12.1 Å². The highest BCUT2D eigenvalue weighted by molar-refractivity contribution is 5.82. The lowest BCUT2D eigenvalue weighted by atomic mass is 10.0. The van der Waals surface area contributed by atoms with Crippen LogP contribution in [-0.4, -0.2) is 40.9 Å². The van der Waals surface area contributed by atoms with E-state index < -0.39 is 6.04 Å². The predicted molar refractivity (Wildman–Crippen MR) is 73.4 cm³/mol. The third kappa shape index (κ3) is 3.40. The number of amides is 1. The Hall–Kier alpha value is -1.79. The molecule has 1 aromatic carbocycles. The van der Waals surface area contributed by atoms with Crippen molar-refractivity contribution in [2.45, 2.75) is 38.0 Å². The maximum Gasteiger partial charge on any atom is 0.237 e. The van der Waals surface area contributed by atoms with Gasteiger partial charge in [-0.3, -0.25) is 4.79 Å². The van der Waals surface area contributed by atoms with Crippen molar-refractivity contribution in [3.05, 3.63) is 23.8 Å². The molecule has 1 amide bonds. The number of hydrogen-bond acceptors (Lipinski definition) is 5. The quantitative estimate of drug-likeness (QED) is 0.592. The van der Waals surface area contributed by atoms with E-state index >= 15 is 0 Å². The van der Waals surface area contributed by atoms with E-state index in [0.717, 1.165) is 6.42 Å². The standard InChI is InChI=1S/C14H20N2O4/c1-8-11(4-5-20-8)16-14(19)10(15)6-9-2-3-12(17)13(18)7-9/h2-3,7-8,10-11,17-18H,4-6,15H2,1H3,(H,16,19)/t8?,10-,11?/m0/s1. The first-order valence-electron chi connectivity index (χ1n) is 6.66. The summed E-state index contributed by atoms with van der Waals surface area (Å²) in [5, 5.41) is 21.5. The fourth-order valence-corrected chi connectivity index (χ4v) is 2.25. The molecule has 1 aromatic rings. The van der Waals surface area contributed by atoms with E-state index in [2.05, 4.69) is 5.32 Å². The van der Waals surface area contributed by atoms with Gasteiger partial charge in [-0.05, 0) is 37.5 Å². The molecule has 0 aromatic heterocycles. The Kier molecular flexibility index (Phi) is 4.46. The summed E-state index contributed by atoms with van der Waals surface area (Å²) in [5.41, 5.74) is 6.56. The Morgan fingerprint density at radius 3 is 2.85 bits per heavy atom. The molecule has 6 nitrogen and oxygen atoms in total. The number of carbonyl (C=O) groups is 1. The van der Waals surface area contributed by atoms with E-state index in [9.17, 15) is 15.0 Å². The second kappa shape index (κ2) is 6.11. The van der Waals surface area contributed by atoms with Crippen LogP contribution in [0.4, 0.5) is 0 Å². The van der Waals surface area contributed by atoms with Crippen molar-refractivity contribution in [2.75, 3.05) is 6.61 Å². The molecule has 1 aliphatic heterocycles. The molecule has 5 N–H and O–H groups in total. The topological polar surface area (TPSA) is 105 Å². The van der Waals surface area contributed by atoms with Gasteiger partial charge in [0.2, 0.25) is 5.91 Å². The molecule has 0 bridgehead atoms. The maximum absolute atomic E-state index is 12.0. The van der Waals surface area contributed by atoms with Crippen molar-refractivity contribution < 1.29 is 19.7 Å². The van der Waals surface area contributed by atoms with Crippen LogP contribution in [0.5, 0.6) is 11.5 Å². The van der Waals surface area contributed by atoms with E-state index in [1.54, 1.807) is 6.07 Å². The zero-order valence-corrected chi connectivity index (χ0v) is 11.4. The summed E-state index contributed by atoms with van der Waals surface area (Å²) in [6, 6.07) is 3.71. The van der Waals surface area contributed by atoms with Crippen molar-refractivity contribution in [2.24, 2.45) is 5.73 Å². The summed E-state index contributed by atoms with van der Waals surface area (Å²) < 4.78 is 5.38. The lowest BCUT2D eigenvalue weighted by Gasteiger charge is -2.19. The molecule has 1 heterocycles. The van der Waals surface area contributed by atoms with Gasteiger partial charge in [0.1, 0.15) is 0 Å². The second-order valence-corrected chi connectivity index (χ2v) is 5.11. The molecule has 110 valence electrons. The molecule has 20 heavy (non-hydrogen) atoms. The number of rotatable bonds is 4. The van der Waals surface area contributed by atoms with E-state index in [1.807, 2.05) is 6.92 Å². The molecular weight excluding hydrogens is 260 g/mol. The Morgan fingerprint density at radius 2 is 2.25 bits per heavy atom. The lowest BCUT2D eigenvalue weighted by Crippen LogP contribution is -2.48. The van der Waals surface area contributed by atoms with Gasteiger partial charge >= 0.3 is 0 Å². The van der Waals surface area contributed by atoms with E-state index in [4.69, 9.17) is 10.5 Å². The van der Waals surface area contributed by atoms with Crippen LogP contribution in [0, 0.1) is 0 Å². The summed E-state index contributed by atoms with van der Waals surface area (Å²) in [6.07, 6.45) is 1.09. The normalized spacial score (nSPS) is 23.5. The van der Waals surface area contributed by atoms with Crippen molar-refractivity contribution in [1.29, 1.82) is 0 Å². The number of hydrogen-bond donors (Lipinski definition) is 4. The minimum Gasteiger partial charge on any atom is -0.504 e. The predicted octanol–water partition coefficient (Wildman–Crippen LogP) is 0.261. The largest absolute Gasteiger partial charge is 0.504 e. The molecule has 3 atom stereocenters. The zero-order valence-electron chi connectivity index (χ0n) is 11.4.